The Bertz CT molecular complexity index is 428. The molecule has 2 rings (SSSR count). The lowest BCUT2D eigenvalue weighted by atomic mass is 9.75. The molecule has 0 radical (unpaired) electrons. The first kappa shape index (κ1) is 13.7. The molecule has 1 unspecified atom stereocenters. The number of aliphatic hydroxyl groups excluding tert-OH is 1. The van der Waals surface area contributed by atoms with Crippen LogP contribution in [-0.4, -0.2) is 9.67 Å². The van der Waals surface area contributed by atoms with Crippen LogP contribution in [-0.2, 0) is 13.0 Å². The summed E-state index contributed by atoms with van der Waals surface area (Å²) in [5.41, 5.74) is 3.03. The van der Waals surface area contributed by atoms with E-state index in [1.807, 2.05) is 0 Å². The van der Waals surface area contributed by atoms with E-state index in [0.717, 1.165) is 24.9 Å². The van der Waals surface area contributed by atoms with Gasteiger partial charge in [0, 0.05) is 24.0 Å². The van der Waals surface area contributed by atoms with E-state index < -0.39 is 0 Å². The molecule has 0 saturated heterocycles. The van der Waals surface area contributed by atoms with Gasteiger partial charge in [-0.1, -0.05) is 34.6 Å². The van der Waals surface area contributed by atoms with Crippen LogP contribution in [0, 0.1) is 10.8 Å². The summed E-state index contributed by atoms with van der Waals surface area (Å²) in [7, 11) is 0. The number of hydrogen-bond donors (Lipinski definition) is 1. The lowest BCUT2D eigenvalue weighted by molar-refractivity contribution is 0.0970. The van der Waals surface area contributed by atoms with Gasteiger partial charge in [-0.25, -0.2) is 0 Å². The van der Waals surface area contributed by atoms with Gasteiger partial charge >= 0.3 is 0 Å². The van der Waals surface area contributed by atoms with Gasteiger partial charge < -0.3 is 9.67 Å². The van der Waals surface area contributed by atoms with Gasteiger partial charge in [-0.05, 0) is 36.2 Å². The predicted octanol–water partition coefficient (Wildman–Crippen LogP) is 3.93. The Labute approximate surface area is 111 Å². The fourth-order valence-corrected chi connectivity index (χ4v) is 2.91. The fourth-order valence-electron chi connectivity index (χ4n) is 2.91. The third-order valence-electron chi connectivity index (χ3n) is 4.42. The van der Waals surface area contributed by atoms with Crippen molar-refractivity contribution in [3.05, 3.63) is 23.5 Å². The number of aliphatic hydroxyl groups is 1. The van der Waals surface area contributed by atoms with E-state index in [4.69, 9.17) is 0 Å². The van der Waals surface area contributed by atoms with Crippen LogP contribution in [0.5, 0.6) is 0 Å². The summed E-state index contributed by atoms with van der Waals surface area (Å²) in [5.74, 6) is 0. The molecule has 2 nitrogen and oxygen atoms in total. The molecule has 0 spiro atoms. The zero-order valence-electron chi connectivity index (χ0n) is 12.5. The van der Waals surface area contributed by atoms with Crippen molar-refractivity contribution in [1.29, 1.82) is 0 Å². The summed E-state index contributed by atoms with van der Waals surface area (Å²) in [5, 5.41) is 10.3. The molecule has 1 aliphatic carbocycles. The topological polar surface area (TPSA) is 25.2 Å². The highest BCUT2D eigenvalue weighted by Gasteiger charge is 2.33. The smallest absolute Gasteiger partial charge is 0.0812 e. The highest BCUT2D eigenvalue weighted by molar-refractivity contribution is 5.29. The zero-order valence-corrected chi connectivity index (χ0v) is 12.5. The van der Waals surface area contributed by atoms with Gasteiger partial charge in [-0.2, -0.15) is 0 Å². The Balaban J connectivity index is 2.31. The van der Waals surface area contributed by atoms with Crippen molar-refractivity contribution >= 4 is 0 Å². The van der Waals surface area contributed by atoms with Gasteiger partial charge in [0.05, 0.1) is 6.10 Å². The van der Waals surface area contributed by atoms with Crippen molar-refractivity contribution in [1.82, 2.24) is 4.57 Å². The van der Waals surface area contributed by atoms with Crippen molar-refractivity contribution in [2.75, 3.05) is 0 Å². The minimum atomic E-state index is -0.283. The van der Waals surface area contributed by atoms with E-state index in [-0.39, 0.29) is 11.5 Å². The molecule has 1 atom stereocenters. The standard InChI is InChI=1S/C16H27NO/c1-6-15(2,3)11-17-8-7-12-13(17)9-16(4,5)10-14(12)18/h7-8,14,18H,6,9-11H2,1-5H3. The van der Waals surface area contributed by atoms with E-state index in [0.29, 0.717) is 5.41 Å². The molecule has 2 heteroatoms. The quantitative estimate of drug-likeness (QED) is 0.862. The van der Waals surface area contributed by atoms with Crippen LogP contribution >= 0.6 is 0 Å². The Morgan fingerprint density at radius 1 is 1.44 bits per heavy atom. The van der Waals surface area contributed by atoms with Gasteiger partial charge in [0.2, 0.25) is 0 Å². The monoisotopic (exact) mass is 249 g/mol. The number of aromatic nitrogens is 1. The summed E-state index contributed by atoms with van der Waals surface area (Å²) >= 11 is 0. The second kappa shape index (κ2) is 4.41. The van der Waals surface area contributed by atoms with Gasteiger partial charge in [0.25, 0.3) is 0 Å². The average molecular weight is 249 g/mol. The first-order chi connectivity index (χ1) is 8.24. The van der Waals surface area contributed by atoms with Crippen LogP contribution in [0.4, 0.5) is 0 Å². The molecule has 0 bridgehead atoms. The first-order valence-corrected chi connectivity index (χ1v) is 7.10. The van der Waals surface area contributed by atoms with Crippen molar-refractivity contribution in [2.24, 2.45) is 10.8 Å². The fraction of sp³-hybridized carbons (Fsp3) is 0.750. The molecule has 18 heavy (non-hydrogen) atoms. The maximum atomic E-state index is 10.3. The summed E-state index contributed by atoms with van der Waals surface area (Å²) in [6.45, 7) is 12.4. The highest BCUT2D eigenvalue weighted by Crippen LogP contribution is 2.41. The number of hydrogen-bond acceptors (Lipinski definition) is 1. The summed E-state index contributed by atoms with van der Waals surface area (Å²) in [6.07, 6.45) is 5.00. The molecule has 0 saturated carbocycles. The molecule has 0 fully saturated rings. The normalized spacial score (nSPS) is 22.9. The van der Waals surface area contributed by atoms with E-state index in [1.165, 1.54) is 12.1 Å². The first-order valence-electron chi connectivity index (χ1n) is 7.10. The molecular formula is C16H27NO. The Hall–Kier alpha value is -0.760. The van der Waals surface area contributed by atoms with Crippen LogP contribution in [0.15, 0.2) is 12.3 Å². The second-order valence-electron chi connectivity index (χ2n) is 7.42. The summed E-state index contributed by atoms with van der Waals surface area (Å²) in [4.78, 5) is 0. The summed E-state index contributed by atoms with van der Waals surface area (Å²) in [6, 6.07) is 2.11. The number of nitrogens with zero attached hydrogens (tertiary/aromatic N) is 1. The molecule has 0 aromatic carbocycles. The van der Waals surface area contributed by atoms with Crippen LogP contribution in [0.2, 0.25) is 0 Å². The number of fused-ring (bicyclic) bond motifs is 1. The second-order valence-corrected chi connectivity index (χ2v) is 7.42. The average Bonchev–Trinajstić information content (AvgIpc) is 2.59. The molecule has 0 aliphatic heterocycles. The lowest BCUT2D eigenvalue weighted by Gasteiger charge is -2.35. The number of rotatable bonds is 3. The van der Waals surface area contributed by atoms with E-state index in [1.54, 1.807) is 0 Å². The third-order valence-corrected chi connectivity index (χ3v) is 4.42. The SMILES string of the molecule is CCC(C)(C)Cn1ccc2c1CC(C)(C)CC2O. The van der Waals surface area contributed by atoms with Gasteiger partial charge in [0.1, 0.15) is 0 Å². The summed E-state index contributed by atoms with van der Waals surface area (Å²) < 4.78 is 2.36. The van der Waals surface area contributed by atoms with E-state index >= 15 is 0 Å². The molecular weight excluding hydrogens is 222 g/mol. The Kier molecular flexibility index (Phi) is 3.35. The maximum absolute atomic E-state index is 10.3. The van der Waals surface area contributed by atoms with Crippen LogP contribution in [0.3, 0.4) is 0 Å². The molecule has 1 aliphatic rings. The van der Waals surface area contributed by atoms with Gasteiger partial charge in [-0.3, -0.25) is 0 Å². The van der Waals surface area contributed by atoms with E-state index in [9.17, 15) is 5.11 Å². The lowest BCUT2D eigenvalue weighted by Crippen LogP contribution is -2.28. The molecule has 1 aromatic rings. The van der Waals surface area contributed by atoms with E-state index in [2.05, 4.69) is 51.4 Å². The molecule has 102 valence electrons. The highest BCUT2D eigenvalue weighted by atomic mass is 16.3. The van der Waals surface area contributed by atoms with Crippen molar-refractivity contribution in [3.8, 4) is 0 Å². The molecule has 0 amide bonds. The minimum Gasteiger partial charge on any atom is -0.388 e. The zero-order chi connectivity index (χ0) is 13.6. The maximum Gasteiger partial charge on any atom is 0.0812 e. The Morgan fingerprint density at radius 3 is 2.72 bits per heavy atom. The third kappa shape index (κ3) is 2.64. The van der Waals surface area contributed by atoms with Gasteiger partial charge in [-0.15, -0.1) is 0 Å². The Morgan fingerprint density at radius 2 is 2.11 bits per heavy atom. The van der Waals surface area contributed by atoms with Crippen LogP contribution in [0.25, 0.3) is 0 Å². The molecule has 1 heterocycles. The van der Waals surface area contributed by atoms with Crippen LogP contribution in [0.1, 0.15) is 64.8 Å². The van der Waals surface area contributed by atoms with Crippen molar-refractivity contribution in [2.45, 2.75) is 66.5 Å². The predicted molar refractivity (Wildman–Crippen MR) is 75.6 cm³/mol. The largest absolute Gasteiger partial charge is 0.388 e. The van der Waals surface area contributed by atoms with Gasteiger partial charge in [0.15, 0.2) is 0 Å². The minimum absolute atomic E-state index is 0.207. The molecule has 1 aromatic heterocycles. The van der Waals surface area contributed by atoms with Crippen molar-refractivity contribution < 1.29 is 5.11 Å². The van der Waals surface area contributed by atoms with Crippen LogP contribution < -0.4 is 0 Å². The van der Waals surface area contributed by atoms with Crippen molar-refractivity contribution in [3.63, 3.8) is 0 Å². The molecule has 1 N–H and O–H groups in total.